The smallest absolute Gasteiger partial charge is 0.309 e. The van der Waals surface area contributed by atoms with Crippen LogP contribution < -0.4 is 0 Å². The van der Waals surface area contributed by atoms with Crippen LogP contribution in [0.5, 0.6) is 0 Å². The van der Waals surface area contributed by atoms with Crippen LogP contribution in [0.1, 0.15) is 157 Å². The van der Waals surface area contributed by atoms with Crippen molar-refractivity contribution in [3.63, 3.8) is 0 Å². The van der Waals surface area contributed by atoms with E-state index in [1.54, 1.807) is 0 Å². The summed E-state index contributed by atoms with van der Waals surface area (Å²) >= 11 is 0. The van der Waals surface area contributed by atoms with E-state index in [-0.39, 0.29) is 47.7 Å². The van der Waals surface area contributed by atoms with Crippen molar-refractivity contribution in [2.24, 2.45) is 64.1 Å². The first-order valence-electron chi connectivity index (χ1n) is 19.6. The molecule has 1 saturated heterocycles. The van der Waals surface area contributed by atoms with Crippen molar-refractivity contribution in [1.82, 2.24) is 4.90 Å². The molecule has 5 saturated carbocycles. The van der Waals surface area contributed by atoms with Crippen LogP contribution in [0, 0.1) is 64.1 Å². The first-order chi connectivity index (χ1) is 21.5. The molecule has 6 fully saturated rings. The average molecular weight is 624 g/mol. The minimum absolute atomic E-state index is 0.0224. The molecule has 11 atom stereocenters. The van der Waals surface area contributed by atoms with E-state index in [1.165, 1.54) is 81.9 Å². The molecule has 5 aliphatic carbocycles. The molecular weight excluding hydrogens is 558 g/mol. The third kappa shape index (κ3) is 5.96. The van der Waals surface area contributed by atoms with Crippen molar-refractivity contribution < 1.29 is 19.1 Å². The second-order valence-corrected chi connectivity index (χ2v) is 17.7. The van der Waals surface area contributed by atoms with Gasteiger partial charge in [-0.2, -0.15) is 0 Å². The molecule has 0 aromatic carbocycles. The van der Waals surface area contributed by atoms with Gasteiger partial charge in [-0.15, -0.1) is 0 Å². The van der Waals surface area contributed by atoms with Crippen LogP contribution in [0.2, 0.25) is 0 Å². The normalized spacial score (nSPS) is 45.5. The Balaban J connectivity index is 1.00. The molecule has 1 aliphatic heterocycles. The number of imide groups is 1. The number of nitrogens with zero attached hydrogens (tertiary/aromatic N) is 1. The lowest BCUT2D eigenvalue weighted by Gasteiger charge is -2.61. The van der Waals surface area contributed by atoms with Gasteiger partial charge in [0.25, 0.3) is 0 Å². The Kier molecular flexibility index (Phi) is 9.87. The van der Waals surface area contributed by atoms with Gasteiger partial charge >= 0.3 is 5.97 Å². The van der Waals surface area contributed by atoms with Gasteiger partial charge < -0.3 is 4.74 Å². The molecule has 5 heteroatoms. The summed E-state index contributed by atoms with van der Waals surface area (Å²) in [6.07, 6.45) is 21.7. The number of carbonyl (C=O) groups is 3. The van der Waals surface area contributed by atoms with E-state index in [0.29, 0.717) is 16.7 Å². The highest BCUT2D eigenvalue weighted by Gasteiger charge is 2.61. The zero-order valence-electron chi connectivity index (χ0n) is 29.7. The second kappa shape index (κ2) is 13.3. The van der Waals surface area contributed by atoms with Gasteiger partial charge in [0.1, 0.15) is 6.10 Å². The van der Waals surface area contributed by atoms with Crippen LogP contribution in [-0.4, -0.2) is 34.8 Å². The SMILES string of the molecule is CCCCCCC(C)C1CCC2C3CCC4C[C@H](OC(=O)C5CCC(N6C(=O)C(C)C(C)C6=O)CC5)CCC4(C)C3CCC12C. The summed E-state index contributed by atoms with van der Waals surface area (Å²) in [6, 6.07) is -0.0477. The summed E-state index contributed by atoms with van der Waals surface area (Å²) in [7, 11) is 0. The van der Waals surface area contributed by atoms with Crippen LogP contribution in [0.15, 0.2) is 0 Å². The number of fused-ring (bicyclic) bond motifs is 5. The van der Waals surface area contributed by atoms with E-state index in [4.69, 9.17) is 4.74 Å². The topological polar surface area (TPSA) is 63.7 Å². The molecule has 45 heavy (non-hydrogen) atoms. The third-order valence-electron chi connectivity index (χ3n) is 15.6. The van der Waals surface area contributed by atoms with E-state index in [9.17, 15) is 14.4 Å². The minimum Gasteiger partial charge on any atom is -0.462 e. The van der Waals surface area contributed by atoms with Crippen molar-refractivity contribution in [1.29, 1.82) is 0 Å². The lowest BCUT2D eigenvalue weighted by Crippen LogP contribution is -2.54. The predicted octanol–water partition coefficient (Wildman–Crippen LogP) is 9.36. The lowest BCUT2D eigenvalue weighted by atomic mass is 9.44. The van der Waals surface area contributed by atoms with Crippen LogP contribution in [0.3, 0.4) is 0 Å². The molecule has 6 aliphatic rings. The predicted molar refractivity (Wildman–Crippen MR) is 179 cm³/mol. The summed E-state index contributed by atoms with van der Waals surface area (Å²) in [6.45, 7) is 14.0. The van der Waals surface area contributed by atoms with Gasteiger partial charge in [0.05, 0.1) is 5.92 Å². The number of rotatable bonds is 9. The summed E-state index contributed by atoms with van der Waals surface area (Å²) in [5.74, 6) is 4.52. The Morgan fingerprint density at radius 2 is 1.49 bits per heavy atom. The second-order valence-electron chi connectivity index (χ2n) is 17.7. The summed E-state index contributed by atoms with van der Waals surface area (Å²) in [5.41, 5.74) is 0.949. The first kappa shape index (κ1) is 33.5. The Hall–Kier alpha value is -1.39. The van der Waals surface area contributed by atoms with Gasteiger partial charge in [-0.1, -0.05) is 73.6 Å². The van der Waals surface area contributed by atoms with Gasteiger partial charge in [0.15, 0.2) is 0 Å². The van der Waals surface area contributed by atoms with E-state index in [0.717, 1.165) is 68.1 Å². The number of carbonyl (C=O) groups excluding carboxylic acids is 3. The van der Waals surface area contributed by atoms with Crippen molar-refractivity contribution >= 4 is 17.8 Å². The largest absolute Gasteiger partial charge is 0.462 e. The van der Waals surface area contributed by atoms with Gasteiger partial charge in [0.2, 0.25) is 11.8 Å². The average Bonchev–Trinajstić information content (AvgIpc) is 3.48. The number of hydrogen-bond acceptors (Lipinski definition) is 4. The van der Waals surface area contributed by atoms with E-state index < -0.39 is 0 Å². The van der Waals surface area contributed by atoms with Crippen LogP contribution in [0.4, 0.5) is 0 Å². The van der Waals surface area contributed by atoms with Gasteiger partial charge in [0, 0.05) is 17.9 Å². The standard InChI is InChI=1S/C40H65NO4/c1-7-8-9-10-11-25(2)33-18-19-34-32-17-14-29-24-31(20-22-39(29,5)35(32)21-23-40(33,34)6)45-38(44)28-12-15-30(16-13-28)41-36(42)26(3)27(4)37(41)43/h25-35H,7-24H2,1-6H3/t25?,26?,27?,28?,29?,30?,31-,32?,33?,34?,35?,39?,40?/m1/s1. The maximum absolute atomic E-state index is 13.4. The fraction of sp³-hybridized carbons (Fsp3) is 0.925. The molecule has 0 aromatic heterocycles. The highest BCUT2D eigenvalue weighted by molar-refractivity contribution is 6.05. The highest BCUT2D eigenvalue weighted by atomic mass is 16.5. The van der Waals surface area contributed by atoms with E-state index in [2.05, 4.69) is 27.7 Å². The Bertz CT molecular complexity index is 1080. The van der Waals surface area contributed by atoms with Crippen molar-refractivity contribution in [2.75, 3.05) is 0 Å². The van der Waals surface area contributed by atoms with Gasteiger partial charge in [-0.25, -0.2) is 0 Å². The Labute approximate surface area is 274 Å². The molecule has 254 valence electrons. The molecule has 1 heterocycles. The van der Waals surface area contributed by atoms with Crippen LogP contribution in [-0.2, 0) is 19.1 Å². The lowest BCUT2D eigenvalue weighted by molar-refractivity contribution is -0.168. The molecular formula is C40H65NO4. The summed E-state index contributed by atoms with van der Waals surface area (Å²) in [5, 5.41) is 0. The zero-order valence-corrected chi connectivity index (χ0v) is 29.7. The van der Waals surface area contributed by atoms with Crippen molar-refractivity contribution in [3.05, 3.63) is 0 Å². The number of hydrogen-bond donors (Lipinski definition) is 0. The van der Waals surface area contributed by atoms with Crippen molar-refractivity contribution in [2.45, 2.75) is 169 Å². The monoisotopic (exact) mass is 623 g/mol. The third-order valence-corrected chi connectivity index (χ3v) is 15.6. The van der Waals surface area contributed by atoms with Crippen LogP contribution in [0.25, 0.3) is 0 Å². The molecule has 0 bridgehead atoms. The number of ether oxygens (including phenoxy) is 1. The Morgan fingerprint density at radius 3 is 2.18 bits per heavy atom. The fourth-order valence-electron chi connectivity index (χ4n) is 12.6. The minimum atomic E-state index is -0.228. The molecule has 5 nitrogen and oxygen atoms in total. The molecule has 2 amide bonds. The van der Waals surface area contributed by atoms with Crippen LogP contribution >= 0.6 is 0 Å². The van der Waals surface area contributed by atoms with E-state index >= 15 is 0 Å². The maximum Gasteiger partial charge on any atom is 0.309 e. The van der Waals surface area contributed by atoms with E-state index in [1.807, 2.05) is 13.8 Å². The molecule has 0 N–H and O–H groups in total. The van der Waals surface area contributed by atoms with Crippen molar-refractivity contribution in [3.8, 4) is 0 Å². The number of likely N-dealkylation sites (tertiary alicyclic amines) is 1. The first-order valence-corrected chi connectivity index (χ1v) is 19.6. The summed E-state index contributed by atoms with van der Waals surface area (Å²) < 4.78 is 6.28. The molecule has 10 unspecified atom stereocenters. The summed E-state index contributed by atoms with van der Waals surface area (Å²) in [4.78, 5) is 40.3. The number of unbranched alkanes of at least 4 members (excludes halogenated alkanes) is 3. The fourth-order valence-corrected chi connectivity index (χ4v) is 12.6. The van der Waals surface area contributed by atoms with Gasteiger partial charge in [-0.3, -0.25) is 19.3 Å². The quantitative estimate of drug-likeness (QED) is 0.146. The number of amides is 2. The molecule has 0 aromatic rings. The highest BCUT2D eigenvalue weighted by Crippen LogP contribution is 2.68. The molecule has 0 spiro atoms. The number of esters is 1. The molecule has 6 rings (SSSR count). The Morgan fingerprint density at radius 1 is 0.822 bits per heavy atom. The molecule has 0 radical (unpaired) electrons. The van der Waals surface area contributed by atoms with Gasteiger partial charge in [-0.05, 0) is 130 Å². The zero-order chi connectivity index (χ0) is 32.1. The maximum atomic E-state index is 13.4.